The predicted octanol–water partition coefficient (Wildman–Crippen LogP) is 5.06. The zero-order valence-electron chi connectivity index (χ0n) is 10.6. The van der Waals surface area contributed by atoms with Crippen molar-refractivity contribution < 1.29 is 0 Å². The van der Waals surface area contributed by atoms with E-state index in [0.29, 0.717) is 5.02 Å². The molecule has 0 aliphatic rings. The highest BCUT2D eigenvalue weighted by Gasteiger charge is 2.09. The van der Waals surface area contributed by atoms with E-state index in [1.54, 1.807) is 0 Å². The van der Waals surface area contributed by atoms with Gasteiger partial charge in [0.2, 0.25) is 0 Å². The van der Waals surface area contributed by atoms with Gasteiger partial charge in [-0.25, -0.2) is 4.98 Å². The molecule has 0 amide bonds. The van der Waals surface area contributed by atoms with Gasteiger partial charge in [0, 0.05) is 4.47 Å². The van der Waals surface area contributed by atoms with Crippen LogP contribution in [-0.4, -0.2) is 9.55 Å². The van der Waals surface area contributed by atoms with E-state index in [2.05, 4.69) is 46.9 Å². The van der Waals surface area contributed by atoms with Gasteiger partial charge < -0.3 is 0 Å². The first kappa shape index (κ1) is 12.7. The highest BCUT2D eigenvalue weighted by atomic mass is 79.9. The number of nitrogens with zero attached hydrogens (tertiary/aromatic N) is 2. The molecule has 2 nitrogen and oxygen atoms in total. The molecule has 19 heavy (non-hydrogen) atoms. The largest absolute Gasteiger partial charge is 0.297 e. The van der Waals surface area contributed by atoms with Crippen molar-refractivity contribution in [1.82, 2.24) is 9.55 Å². The van der Waals surface area contributed by atoms with E-state index in [1.165, 1.54) is 11.1 Å². The van der Waals surface area contributed by atoms with E-state index in [4.69, 9.17) is 11.6 Å². The van der Waals surface area contributed by atoms with Crippen molar-refractivity contribution in [2.75, 3.05) is 0 Å². The van der Waals surface area contributed by atoms with E-state index in [0.717, 1.165) is 21.2 Å². The molecule has 0 N–H and O–H groups in total. The van der Waals surface area contributed by atoms with Crippen LogP contribution in [0.2, 0.25) is 5.02 Å². The monoisotopic (exact) mass is 334 g/mol. The van der Waals surface area contributed by atoms with Crippen molar-refractivity contribution >= 4 is 38.6 Å². The third kappa shape index (κ3) is 2.17. The molecule has 0 atom stereocenters. The Morgan fingerprint density at radius 2 is 1.84 bits per heavy atom. The summed E-state index contributed by atoms with van der Waals surface area (Å²) in [6.07, 6.45) is 1.82. The quantitative estimate of drug-likeness (QED) is 0.608. The van der Waals surface area contributed by atoms with Crippen LogP contribution in [0.3, 0.4) is 0 Å². The van der Waals surface area contributed by atoms with Gasteiger partial charge in [0.1, 0.15) is 6.33 Å². The standard InChI is InChI=1S/C15H12BrClN2/c1-9-5-13-15(6-10(9)2)19(8-18-13)14-4-3-11(16)7-12(14)17/h3-8H,1-2H3. The molecular weight excluding hydrogens is 324 g/mol. The number of halogens is 2. The molecule has 3 aromatic rings. The normalized spacial score (nSPS) is 11.2. The summed E-state index contributed by atoms with van der Waals surface area (Å²) in [5.41, 5.74) is 5.51. The van der Waals surface area contributed by atoms with Gasteiger partial charge in [-0.1, -0.05) is 27.5 Å². The van der Waals surface area contributed by atoms with Crippen LogP contribution in [0.4, 0.5) is 0 Å². The molecular formula is C15H12BrClN2. The topological polar surface area (TPSA) is 17.8 Å². The first-order valence-electron chi connectivity index (χ1n) is 5.96. The first-order chi connectivity index (χ1) is 9.06. The van der Waals surface area contributed by atoms with Gasteiger partial charge >= 0.3 is 0 Å². The molecule has 0 unspecified atom stereocenters. The number of rotatable bonds is 1. The molecule has 0 fully saturated rings. The van der Waals surface area contributed by atoms with E-state index >= 15 is 0 Å². The number of hydrogen-bond acceptors (Lipinski definition) is 1. The Morgan fingerprint density at radius 1 is 1.11 bits per heavy atom. The molecule has 0 aliphatic carbocycles. The Morgan fingerprint density at radius 3 is 2.58 bits per heavy atom. The van der Waals surface area contributed by atoms with E-state index in [-0.39, 0.29) is 0 Å². The highest BCUT2D eigenvalue weighted by molar-refractivity contribution is 9.10. The number of aromatic nitrogens is 2. The van der Waals surface area contributed by atoms with E-state index in [1.807, 2.05) is 29.1 Å². The molecule has 0 saturated carbocycles. The summed E-state index contributed by atoms with van der Waals surface area (Å²) >= 11 is 9.73. The number of benzene rings is 2. The Labute approximate surface area is 125 Å². The lowest BCUT2D eigenvalue weighted by Crippen LogP contribution is -1.93. The van der Waals surface area contributed by atoms with Crippen LogP contribution in [0.5, 0.6) is 0 Å². The minimum atomic E-state index is 0.701. The van der Waals surface area contributed by atoms with Crippen LogP contribution in [-0.2, 0) is 0 Å². The Balaban J connectivity index is 2.28. The van der Waals surface area contributed by atoms with Gasteiger partial charge in [-0.2, -0.15) is 0 Å². The lowest BCUT2D eigenvalue weighted by molar-refractivity contribution is 1.09. The highest BCUT2D eigenvalue weighted by Crippen LogP contribution is 2.28. The Hall–Kier alpha value is -1.32. The van der Waals surface area contributed by atoms with Crippen LogP contribution in [0.25, 0.3) is 16.7 Å². The smallest absolute Gasteiger partial charge is 0.100 e. The van der Waals surface area contributed by atoms with Crippen LogP contribution in [0.1, 0.15) is 11.1 Å². The average molecular weight is 336 g/mol. The van der Waals surface area contributed by atoms with Crippen molar-refractivity contribution in [1.29, 1.82) is 0 Å². The van der Waals surface area contributed by atoms with Crippen molar-refractivity contribution in [3.8, 4) is 5.69 Å². The fourth-order valence-corrected chi connectivity index (χ4v) is 2.90. The second kappa shape index (κ2) is 4.66. The summed E-state index contributed by atoms with van der Waals surface area (Å²) in [7, 11) is 0. The van der Waals surface area contributed by atoms with Crippen molar-refractivity contribution in [2.24, 2.45) is 0 Å². The summed E-state index contributed by atoms with van der Waals surface area (Å²) in [6.45, 7) is 4.20. The first-order valence-corrected chi connectivity index (χ1v) is 7.13. The molecule has 0 bridgehead atoms. The Bertz CT molecular complexity index is 777. The fourth-order valence-electron chi connectivity index (χ4n) is 2.13. The maximum absolute atomic E-state index is 6.31. The van der Waals surface area contributed by atoms with E-state index < -0.39 is 0 Å². The lowest BCUT2D eigenvalue weighted by atomic mass is 10.1. The van der Waals surface area contributed by atoms with E-state index in [9.17, 15) is 0 Å². The zero-order chi connectivity index (χ0) is 13.6. The molecule has 1 heterocycles. The van der Waals surface area contributed by atoms with Crippen molar-refractivity contribution in [3.63, 3.8) is 0 Å². The minimum Gasteiger partial charge on any atom is -0.297 e. The molecule has 4 heteroatoms. The number of hydrogen-bond donors (Lipinski definition) is 0. The summed E-state index contributed by atoms with van der Waals surface area (Å²) in [5.74, 6) is 0. The SMILES string of the molecule is Cc1cc2ncn(-c3ccc(Br)cc3Cl)c2cc1C. The summed E-state index contributed by atoms with van der Waals surface area (Å²) in [6, 6.07) is 10.1. The molecule has 1 aromatic heterocycles. The van der Waals surface area contributed by atoms with Gasteiger partial charge in [-0.3, -0.25) is 4.57 Å². The summed E-state index contributed by atoms with van der Waals surface area (Å²) in [5, 5.41) is 0.701. The molecule has 3 rings (SSSR count). The third-order valence-electron chi connectivity index (χ3n) is 3.33. The second-order valence-electron chi connectivity index (χ2n) is 4.64. The molecule has 2 aromatic carbocycles. The van der Waals surface area contributed by atoms with Gasteiger partial charge in [0.25, 0.3) is 0 Å². The maximum atomic E-state index is 6.31. The number of fused-ring (bicyclic) bond motifs is 1. The van der Waals surface area contributed by atoms with Gasteiger partial charge in [0.05, 0.1) is 21.7 Å². The number of imidazole rings is 1. The fraction of sp³-hybridized carbons (Fsp3) is 0.133. The maximum Gasteiger partial charge on any atom is 0.100 e. The summed E-state index contributed by atoms with van der Waals surface area (Å²) < 4.78 is 2.99. The minimum absolute atomic E-state index is 0.701. The van der Waals surface area contributed by atoms with Crippen molar-refractivity contribution in [3.05, 3.63) is 57.3 Å². The van der Waals surface area contributed by atoms with Gasteiger partial charge in [-0.05, 0) is 55.3 Å². The van der Waals surface area contributed by atoms with Gasteiger partial charge in [0.15, 0.2) is 0 Å². The molecule has 96 valence electrons. The second-order valence-corrected chi connectivity index (χ2v) is 5.96. The van der Waals surface area contributed by atoms with Gasteiger partial charge in [-0.15, -0.1) is 0 Å². The molecule has 0 spiro atoms. The molecule has 0 radical (unpaired) electrons. The average Bonchev–Trinajstić information content (AvgIpc) is 2.73. The van der Waals surface area contributed by atoms with Crippen LogP contribution in [0, 0.1) is 13.8 Å². The van der Waals surface area contributed by atoms with Crippen LogP contribution >= 0.6 is 27.5 Å². The zero-order valence-corrected chi connectivity index (χ0v) is 13.0. The Kier molecular flexibility index (Phi) is 3.11. The predicted molar refractivity (Wildman–Crippen MR) is 83.3 cm³/mol. The molecule has 0 aliphatic heterocycles. The lowest BCUT2D eigenvalue weighted by Gasteiger charge is -2.08. The summed E-state index contributed by atoms with van der Waals surface area (Å²) in [4.78, 5) is 4.45. The van der Waals surface area contributed by atoms with Crippen LogP contribution in [0.15, 0.2) is 41.1 Å². The van der Waals surface area contributed by atoms with Crippen LogP contribution < -0.4 is 0 Å². The molecule has 0 saturated heterocycles. The third-order valence-corrected chi connectivity index (χ3v) is 4.13. The number of aryl methyl sites for hydroxylation is 2. The van der Waals surface area contributed by atoms with Crippen molar-refractivity contribution in [2.45, 2.75) is 13.8 Å².